The Kier molecular flexibility index (Phi) is 3.45. The third-order valence-corrected chi connectivity index (χ3v) is 2.91. The van der Waals surface area contributed by atoms with Gasteiger partial charge in [0.05, 0.1) is 6.04 Å². The van der Waals surface area contributed by atoms with Gasteiger partial charge in [0.15, 0.2) is 0 Å². The fourth-order valence-electron chi connectivity index (χ4n) is 1.77. The molecule has 0 aliphatic heterocycles. The van der Waals surface area contributed by atoms with E-state index in [4.69, 9.17) is 5.73 Å². The number of rotatable bonds is 4. The highest BCUT2D eigenvalue weighted by molar-refractivity contribution is 5.41. The average molecular weight is 246 g/mol. The van der Waals surface area contributed by atoms with Gasteiger partial charge in [-0.3, -0.25) is 4.68 Å². The first-order valence-corrected chi connectivity index (χ1v) is 5.93. The van der Waals surface area contributed by atoms with E-state index in [0.717, 1.165) is 11.5 Å². The smallest absolute Gasteiger partial charge is 0.222 e. The molecule has 18 heavy (non-hydrogen) atoms. The molecular weight excluding hydrogens is 228 g/mol. The van der Waals surface area contributed by atoms with Crippen LogP contribution in [0.5, 0.6) is 0 Å². The molecule has 2 atom stereocenters. The monoisotopic (exact) mass is 246 g/mol. The van der Waals surface area contributed by atoms with Gasteiger partial charge in [0.1, 0.15) is 5.82 Å². The highest BCUT2D eigenvalue weighted by atomic mass is 15.3. The van der Waals surface area contributed by atoms with Gasteiger partial charge in [0, 0.05) is 30.2 Å². The zero-order valence-corrected chi connectivity index (χ0v) is 10.8. The normalized spacial score (nSPS) is 14.2. The molecule has 2 rings (SSSR count). The molecule has 96 valence electrons. The van der Waals surface area contributed by atoms with Gasteiger partial charge < -0.3 is 11.1 Å². The van der Waals surface area contributed by atoms with Crippen LogP contribution in [0.1, 0.15) is 25.6 Å². The first-order valence-electron chi connectivity index (χ1n) is 5.93. The molecule has 0 unspecified atom stereocenters. The van der Waals surface area contributed by atoms with E-state index < -0.39 is 0 Å². The van der Waals surface area contributed by atoms with Crippen LogP contribution in [0, 0.1) is 6.92 Å². The lowest BCUT2D eigenvalue weighted by Gasteiger charge is -2.22. The third-order valence-electron chi connectivity index (χ3n) is 2.91. The second-order valence-electron chi connectivity index (χ2n) is 4.41. The van der Waals surface area contributed by atoms with E-state index in [9.17, 15) is 0 Å². The Morgan fingerprint density at radius 2 is 2.11 bits per heavy atom. The van der Waals surface area contributed by atoms with E-state index in [2.05, 4.69) is 34.2 Å². The molecule has 0 bridgehead atoms. The van der Waals surface area contributed by atoms with E-state index in [1.807, 2.05) is 29.9 Å². The first kappa shape index (κ1) is 12.3. The molecule has 0 spiro atoms. The summed E-state index contributed by atoms with van der Waals surface area (Å²) in [7, 11) is 0. The van der Waals surface area contributed by atoms with Crippen LogP contribution >= 0.6 is 0 Å². The maximum absolute atomic E-state index is 5.63. The van der Waals surface area contributed by atoms with E-state index in [1.165, 1.54) is 0 Å². The standard InChI is InChI=1S/C12H18N6/c1-8-7-11(17-12(13)15-8)16-9(2)10(3)18-6-4-5-14-18/h4-7,9-10H,1-3H3,(H3,13,15,16,17)/t9-,10+/m1/s1. The maximum atomic E-state index is 5.63. The number of aromatic nitrogens is 4. The minimum Gasteiger partial charge on any atom is -0.368 e. The summed E-state index contributed by atoms with van der Waals surface area (Å²) in [6.07, 6.45) is 3.72. The van der Waals surface area contributed by atoms with Crippen LogP contribution in [0.4, 0.5) is 11.8 Å². The molecule has 2 aromatic heterocycles. The third kappa shape index (κ3) is 2.77. The Hall–Kier alpha value is -2.11. The van der Waals surface area contributed by atoms with Crippen molar-refractivity contribution in [2.75, 3.05) is 11.1 Å². The van der Waals surface area contributed by atoms with Crippen molar-refractivity contribution in [1.29, 1.82) is 0 Å². The Balaban J connectivity index is 2.09. The molecule has 6 heteroatoms. The average Bonchev–Trinajstić information content (AvgIpc) is 2.79. The minimum atomic E-state index is 0.179. The lowest BCUT2D eigenvalue weighted by molar-refractivity contribution is 0.443. The number of nitrogens with one attached hydrogen (secondary N) is 1. The number of nitrogens with two attached hydrogens (primary N) is 1. The molecule has 0 amide bonds. The van der Waals surface area contributed by atoms with Crippen molar-refractivity contribution < 1.29 is 0 Å². The van der Waals surface area contributed by atoms with Crippen molar-refractivity contribution in [2.45, 2.75) is 32.9 Å². The summed E-state index contributed by atoms with van der Waals surface area (Å²) in [6, 6.07) is 4.19. The molecule has 2 aromatic rings. The Labute approximate surface area is 106 Å². The van der Waals surface area contributed by atoms with Gasteiger partial charge in [-0.05, 0) is 26.8 Å². The maximum Gasteiger partial charge on any atom is 0.222 e. The second-order valence-corrected chi connectivity index (χ2v) is 4.41. The van der Waals surface area contributed by atoms with Gasteiger partial charge in [-0.2, -0.15) is 10.1 Å². The molecule has 3 N–H and O–H groups in total. The number of nitrogen functional groups attached to an aromatic ring is 1. The summed E-state index contributed by atoms with van der Waals surface area (Å²) >= 11 is 0. The van der Waals surface area contributed by atoms with Gasteiger partial charge in [-0.25, -0.2) is 4.98 Å². The molecule has 0 aliphatic rings. The van der Waals surface area contributed by atoms with Crippen LogP contribution in [0.15, 0.2) is 24.5 Å². The Bertz CT molecular complexity index is 487. The summed E-state index contributed by atoms with van der Waals surface area (Å²) in [5.41, 5.74) is 6.48. The quantitative estimate of drug-likeness (QED) is 0.856. The molecule has 0 saturated carbocycles. The fourth-order valence-corrected chi connectivity index (χ4v) is 1.77. The van der Waals surface area contributed by atoms with Crippen LogP contribution in [-0.4, -0.2) is 25.8 Å². The molecule has 0 fully saturated rings. The van der Waals surface area contributed by atoms with Crippen LogP contribution in [0.25, 0.3) is 0 Å². The van der Waals surface area contributed by atoms with E-state index in [1.54, 1.807) is 6.20 Å². The lowest BCUT2D eigenvalue weighted by atomic mass is 10.2. The zero-order valence-electron chi connectivity index (χ0n) is 10.8. The first-order chi connectivity index (χ1) is 8.56. The van der Waals surface area contributed by atoms with E-state index in [-0.39, 0.29) is 18.0 Å². The molecule has 6 nitrogen and oxygen atoms in total. The number of aryl methyl sites for hydroxylation is 1. The van der Waals surface area contributed by atoms with Crippen LogP contribution in [0.3, 0.4) is 0 Å². The summed E-state index contributed by atoms with van der Waals surface area (Å²) in [6.45, 7) is 6.08. The number of hydrogen-bond donors (Lipinski definition) is 2. The van der Waals surface area contributed by atoms with E-state index in [0.29, 0.717) is 0 Å². The minimum absolute atomic E-state index is 0.179. The van der Waals surface area contributed by atoms with Crippen molar-refractivity contribution in [2.24, 2.45) is 0 Å². The molecule has 0 aliphatic carbocycles. The fraction of sp³-hybridized carbons (Fsp3) is 0.417. The molecule has 0 radical (unpaired) electrons. The number of nitrogens with zero attached hydrogens (tertiary/aromatic N) is 4. The highest BCUT2D eigenvalue weighted by Gasteiger charge is 2.14. The predicted octanol–water partition coefficient (Wildman–Crippen LogP) is 1.63. The van der Waals surface area contributed by atoms with Gasteiger partial charge in [-0.15, -0.1) is 0 Å². The summed E-state index contributed by atoms with van der Waals surface area (Å²) in [5.74, 6) is 1.03. The van der Waals surface area contributed by atoms with Gasteiger partial charge >= 0.3 is 0 Å². The van der Waals surface area contributed by atoms with Crippen LogP contribution in [0.2, 0.25) is 0 Å². The van der Waals surface area contributed by atoms with Crippen LogP contribution in [-0.2, 0) is 0 Å². The second kappa shape index (κ2) is 5.03. The van der Waals surface area contributed by atoms with Crippen molar-refractivity contribution in [1.82, 2.24) is 19.7 Å². The molecular formula is C12H18N6. The number of anilines is 2. The van der Waals surface area contributed by atoms with Crippen molar-refractivity contribution in [3.05, 3.63) is 30.2 Å². The van der Waals surface area contributed by atoms with E-state index >= 15 is 0 Å². The largest absolute Gasteiger partial charge is 0.368 e. The van der Waals surface area contributed by atoms with Gasteiger partial charge in [0.2, 0.25) is 5.95 Å². The SMILES string of the molecule is Cc1cc(N[C@H](C)[C@H](C)n2cccn2)nc(N)n1. The molecule has 2 heterocycles. The topological polar surface area (TPSA) is 81.7 Å². The predicted molar refractivity (Wildman–Crippen MR) is 71.2 cm³/mol. The number of hydrogen-bond acceptors (Lipinski definition) is 5. The van der Waals surface area contributed by atoms with Crippen molar-refractivity contribution in [3.8, 4) is 0 Å². The summed E-state index contributed by atoms with van der Waals surface area (Å²) in [5, 5.41) is 7.55. The van der Waals surface area contributed by atoms with Crippen LogP contribution < -0.4 is 11.1 Å². The molecule has 0 saturated heterocycles. The molecule has 0 aromatic carbocycles. The summed E-state index contributed by atoms with van der Waals surface area (Å²) < 4.78 is 1.91. The highest BCUT2D eigenvalue weighted by Crippen LogP contribution is 2.15. The Morgan fingerprint density at radius 1 is 1.33 bits per heavy atom. The van der Waals surface area contributed by atoms with Crippen molar-refractivity contribution >= 4 is 11.8 Å². The Morgan fingerprint density at radius 3 is 2.72 bits per heavy atom. The zero-order chi connectivity index (χ0) is 13.1. The van der Waals surface area contributed by atoms with Gasteiger partial charge in [0.25, 0.3) is 0 Å². The van der Waals surface area contributed by atoms with Crippen molar-refractivity contribution in [3.63, 3.8) is 0 Å². The van der Waals surface area contributed by atoms with Gasteiger partial charge in [-0.1, -0.05) is 0 Å². The summed E-state index contributed by atoms with van der Waals surface area (Å²) in [4.78, 5) is 8.21. The lowest BCUT2D eigenvalue weighted by Crippen LogP contribution is -2.27.